The molecule has 0 aliphatic carbocycles. The van der Waals surface area contributed by atoms with Crippen molar-refractivity contribution in [2.45, 2.75) is 32.6 Å². The summed E-state index contributed by atoms with van der Waals surface area (Å²) < 4.78 is 10.7. The zero-order chi connectivity index (χ0) is 14.8. The summed E-state index contributed by atoms with van der Waals surface area (Å²) >= 11 is 0. The van der Waals surface area contributed by atoms with Gasteiger partial charge in [0.05, 0.1) is 6.61 Å². The molecule has 0 spiro atoms. The van der Waals surface area contributed by atoms with E-state index in [1.54, 1.807) is 26.0 Å². The number of carbonyl (C=O) groups excluding carboxylic acids is 2. The van der Waals surface area contributed by atoms with Gasteiger partial charge in [-0.1, -0.05) is 19.1 Å². The summed E-state index contributed by atoms with van der Waals surface area (Å²) in [7, 11) is 0. The SMILES string of the molecule is CCOC(=O)C(CC)(C(C)=O)c1nc2ccccc2o1. The Labute approximate surface area is 116 Å². The van der Waals surface area contributed by atoms with E-state index in [4.69, 9.17) is 9.15 Å². The van der Waals surface area contributed by atoms with Gasteiger partial charge in [0.25, 0.3) is 0 Å². The van der Waals surface area contributed by atoms with Gasteiger partial charge < -0.3 is 9.15 Å². The van der Waals surface area contributed by atoms with Crippen molar-refractivity contribution < 1.29 is 18.7 Å². The molecule has 0 aliphatic rings. The van der Waals surface area contributed by atoms with E-state index < -0.39 is 11.4 Å². The van der Waals surface area contributed by atoms with Crippen LogP contribution in [-0.4, -0.2) is 23.3 Å². The largest absolute Gasteiger partial charge is 0.465 e. The van der Waals surface area contributed by atoms with E-state index in [1.165, 1.54) is 6.92 Å². The number of Topliss-reactive ketones (excluding diaryl/α,β-unsaturated/α-hetero) is 1. The molecule has 0 saturated heterocycles. The third-order valence-corrected chi connectivity index (χ3v) is 3.41. The Balaban J connectivity index is 2.61. The Morgan fingerprint density at radius 3 is 2.55 bits per heavy atom. The number of ketones is 1. The zero-order valence-corrected chi connectivity index (χ0v) is 11.8. The third-order valence-electron chi connectivity index (χ3n) is 3.41. The van der Waals surface area contributed by atoms with Crippen molar-refractivity contribution in [2.24, 2.45) is 0 Å². The van der Waals surface area contributed by atoms with Crippen molar-refractivity contribution >= 4 is 22.9 Å². The number of carbonyl (C=O) groups is 2. The molecule has 1 aromatic carbocycles. The van der Waals surface area contributed by atoms with Crippen LogP contribution in [-0.2, 0) is 19.7 Å². The molecule has 0 bridgehead atoms. The molecule has 0 radical (unpaired) electrons. The monoisotopic (exact) mass is 275 g/mol. The maximum atomic E-state index is 12.3. The molecule has 1 aromatic heterocycles. The van der Waals surface area contributed by atoms with Crippen molar-refractivity contribution in [1.29, 1.82) is 0 Å². The first-order valence-corrected chi connectivity index (χ1v) is 6.60. The van der Waals surface area contributed by atoms with E-state index in [1.807, 2.05) is 12.1 Å². The van der Waals surface area contributed by atoms with Gasteiger partial charge in [-0.25, -0.2) is 4.98 Å². The number of ether oxygens (including phenoxy) is 1. The Kier molecular flexibility index (Phi) is 3.88. The van der Waals surface area contributed by atoms with Gasteiger partial charge >= 0.3 is 5.97 Å². The van der Waals surface area contributed by atoms with E-state index in [2.05, 4.69) is 4.98 Å². The first-order chi connectivity index (χ1) is 9.56. The van der Waals surface area contributed by atoms with Crippen LogP contribution in [0.25, 0.3) is 11.1 Å². The van der Waals surface area contributed by atoms with Gasteiger partial charge in [0.2, 0.25) is 11.3 Å². The Morgan fingerprint density at radius 2 is 2.00 bits per heavy atom. The fourth-order valence-electron chi connectivity index (χ4n) is 2.24. The number of hydrogen-bond donors (Lipinski definition) is 0. The lowest BCUT2D eigenvalue weighted by Crippen LogP contribution is -2.43. The van der Waals surface area contributed by atoms with E-state index >= 15 is 0 Å². The summed E-state index contributed by atoms with van der Waals surface area (Å²) in [6.07, 6.45) is 0.244. The molecule has 1 heterocycles. The summed E-state index contributed by atoms with van der Waals surface area (Å²) in [5.74, 6) is -0.835. The molecule has 0 saturated carbocycles. The van der Waals surface area contributed by atoms with Crippen LogP contribution in [0.4, 0.5) is 0 Å². The van der Waals surface area contributed by atoms with Gasteiger partial charge in [0.1, 0.15) is 5.52 Å². The van der Waals surface area contributed by atoms with E-state index in [0.717, 1.165) is 0 Å². The number of rotatable bonds is 5. The van der Waals surface area contributed by atoms with Crippen molar-refractivity contribution in [3.8, 4) is 0 Å². The summed E-state index contributed by atoms with van der Waals surface area (Å²) in [6, 6.07) is 7.15. The summed E-state index contributed by atoms with van der Waals surface area (Å²) in [5.41, 5.74) is -0.300. The number of fused-ring (bicyclic) bond motifs is 1. The lowest BCUT2D eigenvalue weighted by Gasteiger charge is -2.23. The highest BCUT2D eigenvalue weighted by Crippen LogP contribution is 2.32. The second kappa shape index (κ2) is 5.45. The maximum absolute atomic E-state index is 12.3. The molecule has 1 unspecified atom stereocenters. The average Bonchev–Trinajstić information content (AvgIpc) is 2.84. The number of para-hydroxylation sites is 2. The zero-order valence-electron chi connectivity index (χ0n) is 11.8. The summed E-state index contributed by atoms with van der Waals surface area (Å²) in [6.45, 7) is 5.00. The summed E-state index contributed by atoms with van der Waals surface area (Å²) in [5, 5.41) is 0. The fraction of sp³-hybridized carbons (Fsp3) is 0.400. The Bertz CT molecular complexity index is 613. The maximum Gasteiger partial charge on any atom is 0.329 e. The first kappa shape index (κ1) is 14.2. The molecule has 0 amide bonds. The van der Waals surface area contributed by atoms with Gasteiger partial charge in [0, 0.05) is 0 Å². The molecule has 2 aromatic rings. The Morgan fingerprint density at radius 1 is 1.30 bits per heavy atom. The Hall–Kier alpha value is -2.17. The van der Waals surface area contributed by atoms with Crippen LogP contribution in [0.2, 0.25) is 0 Å². The topological polar surface area (TPSA) is 69.4 Å². The number of aromatic nitrogens is 1. The molecule has 1 atom stereocenters. The van der Waals surface area contributed by atoms with Gasteiger partial charge in [-0.05, 0) is 32.4 Å². The van der Waals surface area contributed by atoms with Crippen LogP contribution >= 0.6 is 0 Å². The van der Waals surface area contributed by atoms with Crippen molar-refractivity contribution in [3.05, 3.63) is 30.2 Å². The predicted molar refractivity (Wildman–Crippen MR) is 73.3 cm³/mol. The average molecular weight is 275 g/mol. The minimum atomic E-state index is -1.46. The number of nitrogens with zero attached hydrogens (tertiary/aromatic N) is 1. The minimum absolute atomic E-state index is 0.104. The summed E-state index contributed by atoms with van der Waals surface area (Å²) in [4.78, 5) is 28.7. The third kappa shape index (κ3) is 2.09. The van der Waals surface area contributed by atoms with Gasteiger partial charge in [-0.3, -0.25) is 9.59 Å². The van der Waals surface area contributed by atoms with Crippen LogP contribution in [0.3, 0.4) is 0 Å². The van der Waals surface area contributed by atoms with Crippen LogP contribution in [0.15, 0.2) is 28.7 Å². The molecule has 0 fully saturated rings. The van der Waals surface area contributed by atoms with Crippen molar-refractivity contribution in [3.63, 3.8) is 0 Å². The molecule has 0 aliphatic heterocycles. The minimum Gasteiger partial charge on any atom is -0.465 e. The van der Waals surface area contributed by atoms with Crippen LogP contribution in [0.1, 0.15) is 33.1 Å². The molecular weight excluding hydrogens is 258 g/mol. The van der Waals surface area contributed by atoms with Gasteiger partial charge in [-0.2, -0.15) is 0 Å². The number of oxazole rings is 1. The highest BCUT2D eigenvalue weighted by atomic mass is 16.5. The lowest BCUT2D eigenvalue weighted by molar-refractivity contribution is -0.155. The predicted octanol–water partition coefficient (Wildman–Crippen LogP) is 2.63. The molecule has 2 rings (SSSR count). The normalized spacial score (nSPS) is 13.9. The lowest BCUT2D eigenvalue weighted by atomic mass is 9.81. The molecule has 20 heavy (non-hydrogen) atoms. The number of esters is 1. The van der Waals surface area contributed by atoms with Crippen molar-refractivity contribution in [2.75, 3.05) is 6.61 Å². The number of benzene rings is 1. The van der Waals surface area contributed by atoms with E-state index in [9.17, 15) is 9.59 Å². The first-order valence-electron chi connectivity index (χ1n) is 6.60. The highest BCUT2D eigenvalue weighted by molar-refractivity contribution is 6.08. The second-order valence-corrected chi connectivity index (χ2v) is 4.52. The van der Waals surface area contributed by atoms with E-state index in [-0.39, 0.29) is 24.7 Å². The highest BCUT2D eigenvalue weighted by Gasteiger charge is 2.49. The van der Waals surface area contributed by atoms with Crippen LogP contribution in [0, 0.1) is 0 Å². The molecule has 106 valence electrons. The fourth-order valence-corrected chi connectivity index (χ4v) is 2.24. The van der Waals surface area contributed by atoms with Gasteiger partial charge in [0.15, 0.2) is 11.4 Å². The van der Waals surface area contributed by atoms with Gasteiger partial charge in [-0.15, -0.1) is 0 Å². The van der Waals surface area contributed by atoms with Crippen LogP contribution in [0.5, 0.6) is 0 Å². The quantitative estimate of drug-likeness (QED) is 0.619. The molecule has 5 nitrogen and oxygen atoms in total. The van der Waals surface area contributed by atoms with E-state index in [0.29, 0.717) is 11.1 Å². The van der Waals surface area contributed by atoms with Crippen molar-refractivity contribution in [1.82, 2.24) is 4.98 Å². The standard InChI is InChI=1S/C15H17NO4/c1-4-15(10(3)17,14(18)19-5-2)13-16-11-8-6-7-9-12(11)20-13/h6-9H,4-5H2,1-3H3. The number of hydrogen-bond acceptors (Lipinski definition) is 5. The molecule has 5 heteroatoms. The smallest absolute Gasteiger partial charge is 0.329 e. The second-order valence-electron chi connectivity index (χ2n) is 4.52. The van der Waals surface area contributed by atoms with Crippen LogP contribution < -0.4 is 0 Å². The molecular formula is C15H17NO4. The molecule has 0 N–H and O–H groups in total.